The monoisotopic (exact) mass is 208 g/mol. The number of nitrogens with one attached hydrogen (secondary N) is 1. The molecule has 78 valence electrons. The highest BCUT2D eigenvalue weighted by molar-refractivity contribution is 5.96. The molecular formula is C14H12N2. The molecule has 3 aromatic rings. The van der Waals surface area contributed by atoms with Crippen molar-refractivity contribution in [2.45, 2.75) is 6.92 Å². The van der Waals surface area contributed by atoms with Crippen LogP contribution >= 0.6 is 0 Å². The van der Waals surface area contributed by atoms with Crippen LogP contribution in [-0.4, -0.2) is 9.97 Å². The highest BCUT2D eigenvalue weighted by Gasteiger charge is 2.09. The zero-order chi connectivity index (χ0) is 11.0. The first-order chi connectivity index (χ1) is 7.86. The molecule has 0 bridgehead atoms. The molecule has 2 nitrogen and oxygen atoms in total. The lowest BCUT2D eigenvalue weighted by Gasteiger charge is -1.99. The number of aromatic nitrogens is 2. The number of fused-ring (bicyclic) bond motifs is 1. The summed E-state index contributed by atoms with van der Waals surface area (Å²) < 4.78 is 0. The smallest absolute Gasteiger partial charge is 0.0726 e. The van der Waals surface area contributed by atoms with E-state index in [0.29, 0.717) is 0 Å². The first-order valence-electron chi connectivity index (χ1n) is 5.35. The molecule has 0 amide bonds. The summed E-state index contributed by atoms with van der Waals surface area (Å²) in [4.78, 5) is 7.80. The lowest BCUT2D eigenvalue weighted by atomic mass is 10.1. The molecule has 0 aliphatic carbocycles. The molecule has 3 rings (SSSR count). The Morgan fingerprint density at radius 1 is 1.00 bits per heavy atom. The van der Waals surface area contributed by atoms with E-state index >= 15 is 0 Å². The van der Waals surface area contributed by atoms with Crippen molar-refractivity contribution in [2.24, 2.45) is 0 Å². The number of benzene rings is 1. The van der Waals surface area contributed by atoms with Gasteiger partial charge in [0.15, 0.2) is 0 Å². The van der Waals surface area contributed by atoms with Crippen molar-refractivity contribution in [2.75, 3.05) is 0 Å². The van der Waals surface area contributed by atoms with Gasteiger partial charge in [-0.3, -0.25) is 4.98 Å². The lowest BCUT2D eigenvalue weighted by molar-refractivity contribution is 1.27. The normalized spacial score (nSPS) is 10.8. The van der Waals surface area contributed by atoms with E-state index in [1.807, 2.05) is 30.5 Å². The molecule has 0 fully saturated rings. The van der Waals surface area contributed by atoms with E-state index in [1.165, 1.54) is 22.2 Å². The van der Waals surface area contributed by atoms with Crippen molar-refractivity contribution in [3.8, 4) is 11.3 Å². The molecule has 2 heteroatoms. The Balaban J connectivity index is 2.35. The molecule has 2 aromatic heterocycles. The van der Waals surface area contributed by atoms with Crippen molar-refractivity contribution in [1.82, 2.24) is 9.97 Å². The molecule has 0 aliphatic rings. The number of hydrogen-bond donors (Lipinski definition) is 1. The van der Waals surface area contributed by atoms with Gasteiger partial charge in [0.25, 0.3) is 0 Å². The van der Waals surface area contributed by atoms with E-state index in [-0.39, 0.29) is 0 Å². The van der Waals surface area contributed by atoms with E-state index < -0.39 is 0 Å². The quantitative estimate of drug-likeness (QED) is 0.651. The molecule has 0 radical (unpaired) electrons. The lowest BCUT2D eigenvalue weighted by Crippen LogP contribution is -1.82. The van der Waals surface area contributed by atoms with Crippen LogP contribution in [-0.2, 0) is 0 Å². The van der Waals surface area contributed by atoms with Crippen LogP contribution in [0.5, 0.6) is 0 Å². The fraction of sp³-hybridized carbons (Fsp3) is 0.0714. The SMILES string of the molecule is Cc1[nH]c2ccccc2c1-c1ccccn1. The minimum Gasteiger partial charge on any atom is -0.358 e. The summed E-state index contributed by atoms with van der Waals surface area (Å²) in [6.07, 6.45) is 1.83. The number of nitrogens with zero attached hydrogens (tertiary/aromatic N) is 1. The summed E-state index contributed by atoms with van der Waals surface area (Å²) in [7, 11) is 0. The van der Waals surface area contributed by atoms with Gasteiger partial charge in [-0.1, -0.05) is 24.3 Å². The fourth-order valence-electron chi connectivity index (χ4n) is 2.12. The predicted molar refractivity (Wildman–Crippen MR) is 66.3 cm³/mol. The second-order valence-corrected chi connectivity index (χ2v) is 3.89. The van der Waals surface area contributed by atoms with Gasteiger partial charge in [0.05, 0.1) is 5.69 Å². The number of rotatable bonds is 1. The van der Waals surface area contributed by atoms with E-state index in [2.05, 4.69) is 35.1 Å². The van der Waals surface area contributed by atoms with Crippen LogP contribution in [0.3, 0.4) is 0 Å². The molecule has 0 spiro atoms. The summed E-state index contributed by atoms with van der Waals surface area (Å²) in [6.45, 7) is 2.09. The van der Waals surface area contributed by atoms with Crippen molar-refractivity contribution in [1.29, 1.82) is 0 Å². The van der Waals surface area contributed by atoms with Crippen molar-refractivity contribution in [3.63, 3.8) is 0 Å². The first-order valence-corrected chi connectivity index (χ1v) is 5.35. The molecule has 0 unspecified atom stereocenters. The van der Waals surface area contributed by atoms with Crippen LogP contribution in [0, 0.1) is 6.92 Å². The Kier molecular flexibility index (Phi) is 2.00. The summed E-state index contributed by atoms with van der Waals surface area (Å²) >= 11 is 0. The molecule has 16 heavy (non-hydrogen) atoms. The second-order valence-electron chi connectivity index (χ2n) is 3.89. The minimum absolute atomic E-state index is 1.03. The van der Waals surface area contributed by atoms with Gasteiger partial charge in [-0.05, 0) is 25.1 Å². The van der Waals surface area contributed by atoms with Crippen LogP contribution in [0.15, 0.2) is 48.7 Å². The Morgan fingerprint density at radius 2 is 1.81 bits per heavy atom. The summed E-state index contributed by atoms with van der Waals surface area (Å²) in [6, 6.07) is 14.3. The van der Waals surface area contributed by atoms with Gasteiger partial charge >= 0.3 is 0 Å². The van der Waals surface area contributed by atoms with Gasteiger partial charge < -0.3 is 4.98 Å². The predicted octanol–water partition coefficient (Wildman–Crippen LogP) is 3.54. The summed E-state index contributed by atoms with van der Waals surface area (Å²) in [5.74, 6) is 0. The average molecular weight is 208 g/mol. The zero-order valence-electron chi connectivity index (χ0n) is 9.07. The van der Waals surface area contributed by atoms with Gasteiger partial charge in [-0.25, -0.2) is 0 Å². The van der Waals surface area contributed by atoms with Crippen LogP contribution in [0.25, 0.3) is 22.2 Å². The third-order valence-electron chi connectivity index (χ3n) is 2.81. The molecular weight excluding hydrogens is 196 g/mol. The number of hydrogen-bond acceptors (Lipinski definition) is 1. The Labute approximate surface area is 94.0 Å². The number of H-pyrrole nitrogens is 1. The van der Waals surface area contributed by atoms with Gasteiger partial charge in [-0.15, -0.1) is 0 Å². The second kappa shape index (κ2) is 3.49. The number of para-hydroxylation sites is 1. The first kappa shape index (κ1) is 9.16. The number of aryl methyl sites for hydroxylation is 1. The van der Waals surface area contributed by atoms with E-state index in [9.17, 15) is 0 Å². The molecule has 0 atom stereocenters. The highest BCUT2D eigenvalue weighted by Crippen LogP contribution is 2.30. The topological polar surface area (TPSA) is 28.7 Å². The zero-order valence-corrected chi connectivity index (χ0v) is 9.07. The molecule has 1 N–H and O–H groups in total. The van der Waals surface area contributed by atoms with Gasteiger partial charge in [0.1, 0.15) is 0 Å². The minimum atomic E-state index is 1.03. The van der Waals surface area contributed by atoms with E-state index in [0.717, 1.165) is 5.69 Å². The maximum atomic E-state index is 4.41. The third-order valence-corrected chi connectivity index (χ3v) is 2.81. The largest absolute Gasteiger partial charge is 0.358 e. The molecule has 2 heterocycles. The van der Waals surface area contributed by atoms with E-state index in [4.69, 9.17) is 0 Å². The Hall–Kier alpha value is -2.09. The highest BCUT2D eigenvalue weighted by atomic mass is 14.7. The maximum Gasteiger partial charge on any atom is 0.0726 e. The molecule has 0 saturated heterocycles. The van der Waals surface area contributed by atoms with Crippen LogP contribution in [0.1, 0.15) is 5.69 Å². The van der Waals surface area contributed by atoms with Crippen LogP contribution < -0.4 is 0 Å². The molecule has 0 saturated carbocycles. The third kappa shape index (κ3) is 1.31. The standard InChI is InChI=1S/C14H12N2/c1-10-14(13-8-4-5-9-15-13)11-6-2-3-7-12(11)16-10/h2-9,16H,1H3. The van der Waals surface area contributed by atoms with Gasteiger partial charge in [-0.2, -0.15) is 0 Å². The Bertz CT molecular complexity index is 624. The maximum absolute atomic E-state index is 4.41. The van der Waals surface area contributed by atoms with E-state index in [1.54, 1.807) is 0 Å². The molecule has 0 aliphatic heterocycles. The van der Waals surface area contributed by atoms with Crippen LogP contribution in [0.2, 0.25) is 0 Å². The van der Waals surface area contributed by atoms with Crippen molar-refractivity contribution >= 4 is 10.9 Å². The Morgan fingerprint density at radius 3 is 2.62 bits per heavy atom. The number of pyridine rings is 1. The van der Waals surface area contributed by atoms with Crippen LogP contribution in [0.4, 0.5) is 0 Å². The number of aromatic amines is 1. The van der Waals surface area contributed by atoms with Gasteiger partial charge in [0, 0.05) is 28.4 Å². The molecule has 1 aromatic carbocycles. The van der Waals surface area contributed by atoms with Gasteiger partial charge in [0.2, 0.25) is 0 Å². The summed E-state index contributed by atoms with van der Waals surface area (Å²) in [5.41, 5.74) is 4.56. The average Bonchev–Trinajstić information content (AvgIpc) is 2.66. The van der Waals surface area contributed by atoms with Crippen molar-refractivity contribution < 1.29 is 0 Å². The summed E-state index contributed by atoms with van der Waals surface area (Å²) in [5, 5.41) is 1.23. The van der Waals surface area contributed by atoms with Crippen molar-refractivity contribution in [3.05, 3.63) is 54.4 Å². The fourth-order valence-corrected chi connectivity index (χ4v) is 2.12.